The monoisotopic (exact) mass is 614 g/mol. The SMILES string of the molecule is CCI.CCI.CN(C)CCCCCCCN(C)Cc1cc2ccccc2o1. The van der Waals surface area contributed by atoms with Crippen LogP contribution in [0.25, 0.3) is 11.0 Å². The molecular weight excluding hydrogens is 574 g/mol. The number of benzene rings is 1. The number of fused-ring (bicyclic) bond motifs is 1. The van der Waals surface area contributed by atoms with E-state index in [1.165, 1.54) is 52.9 Å². The summed E-state index contributed by atoms with van der Waals surface area (Å²) in [5, 5.41) is 1.20. The molecule has 0 N–H and O–H groups in total. The van der Waals surface area contributed by atoms with Gasteiger partial charge in [-0.2, -0.15) is 0 Å². The molecule has 0 spiro atoms. The Hall–Kier alpha value is 0.140. The van der Waals surface area contributed by atoms with E-state index in [9.17, 15) is 0 Å². The summed E-state index contributed by atoms with van der Waals surface area (Å²) >= 11 is 4.58. The van der Waals surface area contributed by atoms with Crippen LogP contribution in [-0.4, -0.2) is 52.9 Å². The summed E-state index contributed by atoms with van der Waals surface area (Å²) in [5.41, 5.74) is 0.992. The van der Waals surface area contributed by atoms with Gasteiger partial charge in [-0.25, -0.2) is 0 Å². The standard InChI is InChI=1S/C19H30N2O.2C2H5I/c1-20(2)13-9-5-4-6-10-14-21(3)16-18-15-17-11-7-8-12-19(17)22-18;2*1-2-3/h7-8,11-12,15H,4-6,9-10,13-14,16H2,1-3H3;2*2H2,1H3. The van der Waals surface area contributed by atoms with Gasteiger partial charge in [-0.1, -0.05) is 96.5 Å². The average Bonchev–Trinajstić information content (AvgIpc) is 3.04. The normalized spacial score (nSPS) is 10.6. The van der Waals surface area contributed by atoms with E-state index in [0.717, 1.165) is 24.4 Å². The van der Waals surface area contributed by atoms with Gasteiger partial charge in [0, 0.05) is 5.39 Å². The van der Waals surface area contributed by atoms with Gasteiger partial charge in [0.1, 0.15) is 11.3 Å². The minimum Gasteiger partial charge on any atom is -0.460 e. The molecule has 2 rings (SSSR count). The molecule has 162 valence electrons. The largest absolute Gasteiger partial charge is 0.460 e. The zero-order chi connectivity index (χ0) is 21.2. The lowest BCUT2D eigenvalue weighted by molar-refractivity contribution is 0.291. The Labute approximate surface area is 200 Å². The highest BCUT2D eigenvalue weighted by molar-refractivity contribution is 14.1. The average molecular weight is 614 g/mol. The second-order valence-electron chi connectivity index (χ2n) is 7.09. The fraction of sp³-hybridized carbons (Fsp3) is 0.652. The second-order valence-corrected chi connectivity index (χ2v) is 10.1. The second kappa shape index (κ2) is 19.1. The summed E-state index contributed by atoms with van der Waals surface area (Å²) in [6.07, 6.45) is 6.64. The van der Waals surface area contributed by atoms with Crippen LogP contribution in [0, 0.1) is 0 Å². The van der Waals surface area contributed by atoms with Crippen LogP contribution in [0.1, 0.15) is 51.7 Å². The van der Waals surface area contributed by atoms with E-state index in [4.69, 9.17) is 4.42 Å². The van der Waals surface area contributed by atoms with Gasteiger partial charge in [0.25, 0.3) is 0 Å². The lowest BCUT2D eigenvalue weighted by Gasteiger charge is -2.14. The molecule has 0 bridgehead atoms. The first-order valence-electron chi connectivity index (χ1n) is 10.4. The molecule has 28 heavy (non-hydrogen) atoms. The smallest absolute Gasteiger partial charge is 0.134 e. The number of para-hydroxylation sites is 1. The summed E-state index contributed by atoms with van der Waals surface area (Å²) in [5.74, 6) is 1.06. The first-order chi connectivity index (χ1) is 13.5. The molecule has 1 aromatic heterocycles. The Morgan fingerprint density at radius 1 is 0.821 bits per heavy atom. The van der Waals surface area contributed by atoms with E-state index in [0.29, 0.717) is 0 Å². The van der Waals surface area contributed by atoms with Crippen molar-refractivity contribution in [2.45, 2.75) is 52.5 Å². The molecule has 0 radical (unpaired) electrons. The molecule has 1 aromatic carbocycles. The summed E-state index contributed by atoms with van der Waals surface area (Å²) in [4.78, 5) is 4.62. The van der Waals surface area contributed by atoms with Crippen molar-refractivity contribution in [1.29, 1.82) is 0 Å². The van der Waals surface area contributed by atoms with Crippen LogP contribution in [0.5, 0.6) is 0 Å². The minimum absolute atomic E-state index is 0.898. The zero-order valence-electron chi connectivity index (χ0n) is 18.5. The molecule has 0 fully saturated rings. The van der Waals surface area contributed by atoms with E-state index in [1.807, 2.05) is 12.1 Å². The van der Waals surface area contributed by atoms with Crippen LogP contribution in [0.3, 0.4) is 0 Å². The molecule has 3 nitrogen and oxygen atoms in total. The van der Waals surface area contributed by atoms with Crippen molar-refractivity contribution in [3.05, 3.63) is 36.1 Å². The predicted molar refractivity (Wildman–Crippen MR) is 143 cm³/mol. The highest BCUT2D eigenvalue weighted by atomic mass is 127. The van der Waals surface area contributed by atoms with Gasteiger partial charge in [0.15, 0.2) is 0 Å². The van der Waals surface area contributed by atoms with Gasteiger partial charge in [-0.3, -0.25) is 4.90 Å². The summed E-state index contributed by atoms with van der Waals surface area (Å²) in [7, 11) is 6.47. The summed E-state index contributed by atoms with van der Waals surface area (Å²) < 4.78 is 8.31. The molecule has 2 aromatic rings. The van der Waals surface area contributed by atoms with Crippen LogP contribution in [0.2, 0.25) is 0 Å². The number of nitrogens with zero attached hydrogens (tertiary/aromatic N) is 2. The molecule has 5 heteroatoms. The molecule has 0 saturated heterocycles. The van der Waals surface area contributed by atoms with E-state index in [-0.39, 0.29) is 0 Å². The molecule has 0 unspecified atom stereocenters. The Morgan fingerprint density at radius 2 is 1.36 bits per heavy atom. The van der Waals surface area contributed by atoms with Crippen LogP contribution in [0.4, 0.5) is 0 Å². The van der Waals surface area contributed by atoms with E-state index >= 15 is 0 Å². The van der Waals surface area contributed by atoms with Crippen molar-refractivity contribution >= 4 is 56.2 Å². The number of hydrogen-bond acceptors (Lipinski definition) is 3. The molecule has 1 heterocycles. The van der Waals surface area contributed by atoms with E-state index in [1.54, 1.807) is 0 Å². The maximum Gasteiger partial charge on any atom is 0.134 e. The number of hydrogen-bond donors (Lipinski definition) is 0. The highest BCUT2D eigenvalue weighted by Crippen LogP contribution is 2.19. The molecule has 0 amide bonds. The maximum atomic E-state index is 5.87. The molecule has 0 atom stereocenters. The number of alkyl halides is 2. The summed E-state index contributed by atoms with van der Waals surface area (Å²) in [6.45, 7) is 7.48. The Bertz CT molecular complexity index is 552. The molecule has 0 aliphatic carbocycles. The van der Waals surface area contributed by atoms with Crippen molar-refractivity contribution in [3.63, 3.8) is 0 Å². The van der Waals surface area contributed by atoms with Crippen molar-refractivity contribution in [2.24, 2.45) is 0 Å². The number of rotatable bonds is 10. The van der Waals surface area contributed by atoms with Gasteiger partial charge in [0.2, 0.25) is 0 Å². The zero-order valence-corrected chi connectivity index (χ0v) is 22.8. The third-order valence-corrected chi connectivity index (χ3v) is 4.05. The minimum atomic E-state index is 0.898. The maximum absolute atomic E-state index is 5.87. The number of unbranched alkanes of at least 4 members (excludes halogenated alkanes) is 4. The topological polar surface area (TPSA) is 19.6 Å². The molecular formula is C23H40I2N2O. The van der Waals surface area contributed by atoms with Crippen molar-refractivity contribution < 1.29 is 4.42 Å². The quantitative estimate of drug-likeness (QED) is 0.160. The van der Waals surface area contributed by atoms with Gasteiger partial charge < -0.3 is 9.32 Å². The third kappa shape index (κ3) is 15.0. The highest BCUT2D eigenvalue weighted by Gasteiger charge is 2.06. The Balaban J connectivity index is 0.00000108. The first kappa shape index (κ1) is 28.1. The van der Waals surface area contributed by atoms with Gasteiger partial charge in [0.05, 0.1) is 6.54 Å². The first-order valence-corrected chi connectivity index (χ1v) is 13.5. The lowest BCUT2D eigenvalue weighted by atomic mass is 10.1. The van der Waals surface area contributed by atoms with Crippen molar-refractivity contribution in [1.82, 2.24) is 9.80 Å². The number of halogens is 2. The van der Waals surface area contributed by atoms with Gasteiger partial charge in [-0.05, 0) is 68.1 Å². The lowest BCUT2D eigenvalue weighted by Crippen LogP contribution is -2.18. The van der Waals surface area contributed by atoms with Crippen molar-refractivity contribution in [2.75, 3.05) is 43.1 Å². The third-order valence-electron chi connectivity index (χ3n) is 4.05. The van der Waals surface area contributed by atoms with Crippen LogP contribution in [0.15, 0.2) is 34.7 Å². The van der Waals surface area contributed by atoms with Gasteiger partial charge in [-0.15, -0.1) is 0 Å². The van der Waals surface area contributed by atoms with Crippen LogP contribution < -0.4 is 0 Å². The molecule has 0 aliphatic heterocycles. The van der Waals surface area contributed by atoms with Crippen LogP contribution in [-0.2, 0) is 6.54 Å². The molecule has 0 saturated carbocycles. The van der Waals surface area contributed by atoms with E-state index in [2.05, 4.69) is 108 Å². The van der Waals surface area contributed by atoms with E-state index < -0.39 is 0 Å². The van der Waals surface area contributed by atoms with Crippen molar-refractivity contribution in [3.8, 4) is 0 Å². The predicted octanol–water partition coefficient (Wildman–Crippen LogP) is 7.26. The van der Waals surface area contributed by atoms with Gasteiger partial charge >= 0.3 is 0 Å². The Kier molecular flexibility index (Phi) is 19.2. The fourth-order valence-corrected chi connectivity index (χ4v) is 2.80. The van der Waals surface area contributed by atoms with Crippen LogP contribution >= 0.6 is 45.2 Å². The fourth-order valence-electron chi connectivity index (χ4n) is 2.80. The number of furan rings is 1. The Morgan fingerprint density at radius 3 is 1.93 bits per heavy atom. The summed E-state index contributed by atoms with van der Waals surface area (Å²) in [6, 6.07) is 10.4. The molecule has 0 aliphatic rings.